The molecule has 2 aromatic rings. The minimum atomic E-state index is 0.0777. The third-order valence-electron chi connectivity index (χ3n) is 3.42. The molecule has 0 N–H and O–H groups in total. The van der Waals surface area contributed by atoms with Crippen molar-refractivity contribution in [2.45, 2.75) is 18.9 Å². The van der Waals surface area contributed by atoms with E-state index in [0.717, 1.165) is 29.3 Å². The molecular weight excluding hydrogens is 260 g/mol. The topological polar surface area (TPSA) is 33.2 Å². The van der Waals surface area contributed by atoms with E-state index < -0.39 is 0 Å². The second-order valence-corrected chi connectivity index (χ2v) is 5.21. The summed E-state index contributed by atoms with van der Waals surface area (Å²) in [6.45, 7) is 0.621. The van der Waals surface area contributed by atoms with E-state index in [9.17, 15) is 4.79 Å². The van der Waals surface area contributed by atoms with Crippen LogP contribution in [0.3, 0.4) is 0 Å². The number of fused-ring (bicyclic) bond motifs is 1. The molecule has 1 heterocycles. The van der Waals surface area contributed by atoms with Crippen molar-refractivity contribution < 1.29 is 4.79 Å². The van der Waals surface area contributed by atoms with Gasteiger partial charge in [0.2, 0.25) is 0 Å². The monoisotopic (exact) mass is 274 g/mol. The van der Waals surface area contributed by atoms with Crippen LogP contribution < -0.4 is 0 Å². The van der Waals surface area contributed by atoms with E-state index in [1.165, 1.54) is 0 Å². The summed E-state index contributed by atoms with van der Waals surface area (Å²) in [4.78, 5) is 18.7. The van der Waals surface area contributed by atoms with Gasteiger partial charge in [0.1, 0.15) is 0 Å². The molecule has 1 saturated carbocycles. The lowest BCUT2D eigenvalue weighted by Crippen LogP contribution is -2.34. The lowest BCUT2D eigenvalue weighted by molar-refractivity contribution is 0.0754. The van der Waals surface area contributed by atoms with Gasteiger partial charge in [-0.15, -0.1) is 11.6 Å². The van der Waals surface area contributed by atoms with Gasteiger partial charge in [0, 0.05) is 35.6 Å². The highest BCUT2D eigenvalue weighted by Crippen LogP contribution is 2.28. The molecule has 1 aromatic heterocycles. The largest absolute Gasteiger partial charge is 0.334 e. The Morgan fingerprint density at radius 2 is 2.21 bits per heavy atom. The van der Waals surface area contributed by atoms with Gasteiger partial charge in [-0.1, -0.05) is 6.07 Å². The summed E-state index contributed by atoms with van der Waals surface area (Å²) < 4.78 is 0. The maximum absolute atomic E-state index is 12.5. The number of carbonyl (C=O) groups excluding carboxylic acids is 1. The van der Waals surface area contributed by atoms with Crippen LogP contribution in [0.2, 0.25) is 0 Å². The van der Waals surface area contributed by atoms with Crippen LogP contribution in [0.25, 0.3) is 10.9 Å². The highest BCUT2D eigenvalue weighted by Gasteiger charge is 2.32. The standard InChI is InChI=1S/C15H15ClN2O/c16-7-9-18(13-4-5-13)15(19)12-3-6-14-11(10-12)2-1-8-17-14/h1-3,6,8,10,13H,4-5,7,9H2. The average molecular weight is 275 g/mol. The minimum absolute atomic E-state index is 0.0777. The number of halogens is 1. The van der Waals surface area contributed by atoms with E-state index in [1.807, 2.05) is 35.2 Å². The zero-order valence-electron chi connectivity index (χ0n) is 10.6. The van der Waals surface area contributed by atoms with Gasteiger partial charge in [-0.25, -0.2) is 0 Å². The summed E-state index contributed by atoms with van der Waals surface area (Å²) in [5.41, 5.74) is 1.63. The second-order valence-electron chi connectivity index (χ2n) is 4.83. The van der Waals surface area contributed by atoms with E-state index in [1.54, 1.807) is 6.20 Å². The Labute approximate surface area is 117 Å². The maximum Gasteiger partial charge on any atom is 0.254 e. The summed E-state index contributed by atoms with van der Waals surface area (Å²) in [5.74, 6) is 0.561. The van der Waals surface area contributed by atoms with Crippen LogP contribution in [-0.4, -0.2) is 34.3 Å². The fraction of sp³-hybridized carbons (Fsp3) is 0.333. The fourth-order valence-corrected chi connectivity index (χ4v) is 2.48. The predicted molar refractivity (Wildman–Crippen MR) is 76.5 cm³/mol. The lowest BCUT2D eigenvalue weighted by Gasteiger charge is -2.21. The van der Waals surface area contributed by atoms with Crippen LogP contribution in [0.1, 0.15) is 23.2 Å². The first-order valence-corrected chi connectivity index (χ1v) is 7.05. The molecule has 1 amide bonds. The molecule has 0 aliphatic heterocycles. The highest BCUT2D eigenvalue weighted by atomic mass is 35.5. The van der Waals surface area contributed by atoms with E-state index >= 15 is 0 Å². The van der Waals surface area contributed by atoms with E-state index in [0.29, 0.717) is 18.5 Å². The molecular formula is C15H15ClN2O. The Hall–Kier alpha value is -1.61. The Bertz CT molecular complexity index is 610. The third kappa shape index (κ3) is 2.56. The van der Waals surface area contributed by atoms with Crippen LogP contribution in [-0.2, 0) is 0 Å². The molecule has 0 unspecified atom stereocenters. The molecule has 3 rings (SSSR count). The zero-order valence-corrected chi connectivity index (χ0v) is 11.3. The summed E-state index contributed by atoms with van der Waals surface area (Å²) in [6.07, 6.45) is 3.95. The van der Waals surface area contributed by atoms with Gasteiger partial charge in [0.25, 0.3) is 5.91 Å². The molecule has 3 nitrogen and oxygen atoms in total. The Morgan fingerprint density at radius 3 is 2.95 bits per heavy atom. The minimum Gasteiger partial charge on any atom is -0.334 e. The lowest BCUT2D eigenvalue weighted by atomic mass is 10.1. The van der Waals surface area contributed by atoms with Crippen LogP contribution in [0.4, 0.5) is 0 Å². The molecule has 1 aromatic carbocycles. The highest BCUT2D eigenvalue weighted by molar-refractivity contribution is 6.18. The van der Waals surface area contributed by atoms with E-state index in [4.69, 9.17) is 11.6 Å². The molecule has 0 spiro atoms. The van der Waals surface area contributed by atoms with Crippen molar-refractivity contribution in [1.82, 2.24) is 9.88 Å². The van der Waals surface area contributed by atoms with Crippen molar-refractivity contribution >= 4 is 28.4 Å². The first-order chi connectivity index (χ1) is 9.29. The molecule has 0 radical (unpaired) electrons. The van der Waals surface area contributed by atoms with Gasteiger partial charge in [-0.2, -0.15) is 0 Å². The van der Waals surface area contributed by atoms with Crippen molar-refractivity contribution in [1.29, 1.82) is 0 Å². The number of aromatic nitrogens is 1. The van der Waals surface area contributed by atoms with Gasteiger partial charge in [0.15, 0.2) is 0 Å². The summed E-state index contributed by atoms with van der Waals surface area (Å²) in [5, 5.41) is 0.995. The van der Waals surface area contributed by atoms with Crippen molar-refractivity contribution in [2.24, 2.45) is 0 Å². The normalized spacial score (nSPS) is 14.6. The number of nitrogens with zero attached hydrogens (tertiary/aromatic N) is 2. The number of pyridine rings is 1. The molecule has 98 valence electrons. The van der Waals surface area contributed by atoms with Gasteiger partial charge in [-0.3, -0.25) is 9.78 Å². The average Bonchev–Trinajstić information content (AvgIpc) is 3.28. The third-order valence-corrected chi connectivity index (χ3v) is 3.59. The maximum atomic E-state index is 12.5. The Kier molecular flexibility index (Phi) is 3.38. The zero-order chi connectivity index (χ0) is 13.2. The molecule has 1 fully saturated rings. The number of hydrogen-bond acceptors (Lipinski definition) is 2. The second kappa shape index (κ2) is 5.17. The van der Waals surface area contributed by atoms with Gasteiger partial charge >= 0.3 is 0 Å². The molecule has 0 saturated heterocycles. The van der Waals surface area contributed by atoms with Crippen molar-refractivity contribution in [2.75, 3.05) is 12.4 Å². The van der Waals surface area contributed by atoms with Crippen molar-refractivity contribution in [3.8, 4) is 0 Å². The van der Waals surface area contributed by atoms with Crippen LogP contribution in [0.15, 0.2) is 36.5 Å². The quantitative estimate of drug-likeness (QED) is 0.803. The molecule has 0 bridgehead atoms. The number of alkyl halides is 1. The molecule has 0 atom stereocenters. The first kappa shape index (κ1) is 12.4. The molecule has 1 aliphatic rings. The smallest absolute Gasteiger partial charge is 0.254 e. The Balaban J connectivity index is 1.91. The SMILES string of the molecule is O=C(c1ccc2ncccc2c1)N(CCCl)C1CC1. The molecule has 4 heteroatoms. The van der Waals surface area contributed by atoms with Gasteiger partial charge < -0.3 is 4.90 Å². The van der Waals surface area contributed by atoms with Crippen LogP contribution in [0, 0.1) is 0 Å². The Morgan fingerprint density at radius 1 is 1.37 bits per heavy atom. The van der Waals surface area contributed by atoms with Gasteiger partial charge in [0.05, 0.1) is 5.52 Å². The van der Waals surface area contributed by atoms with Crippen LogP contribution in [0.5, 0.6) is 0 Å². The number of benzene rings is 1. The summed E-state index contributed by atoms with van der Waals surface area (Å²) in [7, 11) is 0. The summed E-state index contributed by atoms with van der Waals surface area (Å²) in [6, 6.07) is 9.90. The fourth-order valence-electron chi connectivity index (χ4n) is 2.30. The molecule has 19 heavy (non-hydrogen) atoms. The van der Waals surface area contributed by atoms with E-state index in [2.05, 4.69) is 4.98 Å². The van der Waals surface area contributed by atoms with E-state index in [-0.39, 0.29) is 5.91 Å². The van der Waals surface area contributed by atoms with Crippen LogP contribution >= 0.6 is 11.6 Å². The first-order valence-electron chi connectivity index (χ1n) is 6.51. The number of hydrogen-bond donors (Lipinski definition) is 0. The number of rotatable bonds is 4. The number of carbonyl (C=O) groups is 1. The van der Waals surface area contributed by atoms with Crippen molar-refractivity contribution in [3.05, 3.63) is 42.1 Å². The van der Waals surface area contributed by atoms with Crippen molar-refractivity contribution in [3.63, 3.8) is 0 Å². The molecule has 1 aliphatic carbocycles. The van der Waals surface area contributed by atoms with Gasteiger partial charge in [-0.05, 0) is 37.1 Å². The summed E-state index contributed by atoms with van der Waals surface area (Å²) >= 11 is 5.79. The number of amides is 1. The predicted octanol–water partition coefficient (Wildman–Crippen LogP) is 3.08.